The summed E-state index contributed by atoms with van der Waals surface area (Å²) in [5.41, 5.74) is 6.31. The van der Waals surface area contributed by atoms with Gasteiger partial charge < -0.3 is 15.6 Å². The second kappa shape index (κ2) is 6.44. The summed E-state index contributed by atoms with van der Waals surface area (Å²) in [7, 11) is 1.81. The van der Waals surface area contributed by atoms with E-state index >= 15 is 0 Å². The lowest BCUT2D eigenvalue weighted by Crippen LogP contribution is -2.20. The van der Waals surface area contributed by atoms with E-state index in [0.29, 0.717) is 17.2 Å². The average Bonchev–Trinajstić information content (AvgIpc) is 2.81. The number of ether oxygens (including phenoxy) is 1. The maximum Gasteiger partial charge on any atom is 0.185 e. The minimum atomic E-state index is -0.596. The first-order chi connectivity index (χ1) is 9.16. The first-order valence-electron chi connectivity index (χ1n) is 5.79. The molecule has 6 nitrogen and oxygen atoms in total. The van der Waals surface area contributed by atoms with E-state index in [1.807, 2.05) is 19.2 Å². The number of aliphatic hydroxyl groups is 1. The number of nitrogens with zero attached hydrogens (tertiary/aromatic N) is 3. The standard InChI is InChI=1S/C12H16N4O2S/c1-16-12(14-8-15-16)19-7-9(17)6-18-11-5-3-2-4-10(11)13/h2-5,8-9,17H,6-7,13H2,1H3. The number of para-hydroxylation sites is 2. The summed E-state index contributed by atoms with van der Waals surface area (Å²) < 4.78 is 7.13. The molecule has 0 aliphatic carbocycles. The van der Waals surface area contributed by atoms with Gasteiger partial charge in [0.05, 0.1) is 11.8 Å². The molecule has 0 saturated carbocycles. The Bertz CT molecular complexity index is 532. The molecule has 0 radical (unpaired) electrons. The summed E-state index contributed by atoms with van der Waals surface area (Å²) in [6.45, 7) is 0.194. The zero-order chi connectivity index (χ0) is 13.7. The SMILES string of the molecule is Cn1ncnc1SCC(O)COc1ccccc1N. The third-order valence-corrected chi connectivity index (χ3v) is 3.60. The van der Waals surface area contributed by atoms with Crippen molar-refractivity contribution in [3.8, 4) is 5.75 Å². The second-order valence-corrected chi connectivity index (χ2v) is 4.97. The number of anilines is 1. The van der Waals surface area contributed by atoms with E-state index in [0.717, 1.165) is 5.16 Å². The molecule has 2 aromatic rings. The van der Waals surface area contributed by atoms with Crippen molar-refractivity contribution in [3.63, 3.8) is 0 Å². The van der Waals surface area contributed by atoms with Gasteiger partial charge in [-0.05, 0) is 12.1 Å². The van der Waals surface area contributed by atoms with Gasteiger partial charge in [-0.1, -0.05) is 23.9 Å². The maximum atomic E-state index is 9.85. The molecule has 0 aliphatic heterocycles. The van der Waals surface area contributed by atoms with Gasteiger partial charge in [-0.3, -0.25) is 0 Å². The third-order valence-electron chi connectivity index (χ3n) is 2.42. The lowest BCUT2D eigenvalue weighted by Gasteiger charge is -2.12. The number of rotatable bonds is 6. The average molecular weight is 280 g/mol. The number of thioether (sulfide) groups is 1. The third kappa shape index (κ3) is 3.87. The molecule has 0 fully saturated rings. The Morgan fingerprint density at radius 3 is 2.95 bits per heavy atom. The topological polar surface area (TPSA) is 86.2 Å². The minimum absolute atomic E-state index is 0.194. The molecule has 1 aromatic carbocycles. The van der Waals surface area contributed by atoms with Crippen LogP contribution in [0.15, 0.2) is 35.7 Å². The Kier molecular flexibility index (Phi) is 4.64. The van der Waals surface area contributed by atoms with Crippen molar-refractivity contribution in [3.05, 3.63) is 30.6 Å². The van der Waals surface area contributed by atoms with Gasteiger partial charge in [0, 0.05) is 12.8 Å². The number of hydrogen-bond donors (Lipinski definition) is 2. The Morgan fingerprint density at radius 1 is 1.47 bits per heavy atom. The van der Waals surface area contributed by atoms with Crippen molar-refractivity contribution in [1.82, 2.24) is 14.8 Å². The summed E-state index contributed by atoms with van der Waals surface area (Å²) in [4.78, 5) is 4.06. The van der Waals surface area contributed by atoms with E-state index in [4.69, 9.17) is 10.5 Å². The van der Waals surface area contributed by atoms with Crippen LogP contribution in [0.3, 0.4) is 0 Å². The molecular formula is C12H16N4O2S. The van der Waals surface area contributed by atoms with E-state index < -0.39 is 6.10 Å². The van der Waals surface area contributed by atoms with Gasteiger partial charge in [0.15, 0.2) is 5.16 Å². The van der Waals surface area contributed by atoms with Crippen molar-refractivity contribution in [2.75, 3.05) is 18.1 Å². The molecule has 1 unspecified atom stereocenters. The highest BCUT2D eigenvalue weighted by molar-refractivity contribution is 7.99. The van der Waals surface area contributed by atoms with Crippen LogP contribution >= 0.6 is 11.8 Å². The van der Waals surface area contributed by atoms with Crippen molar-refractivity contribution in [2.24, 2.45) is 7.05 Å². The van der Waals surface area contributed by atoms with Crippen molar-refractivity contribution >= 4 is 17.4 Å². The van der Waals surface area contributed by atoms with Crippen LogP contribution in [-0.2, 0) is 7.05 Å². The summed E-state index contributed by atoms with van der Waals surface area (Å²) >= 11 is 1.43. The highest BCUT2D eigenvalue weighted by atomic mass is 32.2. The molecule has 3 N–H and O–H groups in total. The van der Waals surface area contributed by atoms with Gasteiger partial charge in [0.25, 0.3) is 0 Å². The van der Waals surface area contributed by atoms with Crippen LogP contribution < -0.4 is 10.5 Å². The largest absolute Gasteiger partial charge is 0.489 e. The minimum Gasteiger partial charge on any atom is -0.489 e. The Balaban J connectivity index is 1.77. The van der Waals surface area contributed by atoms with E-state index in [9.17, 15) is 5.11 Å². The van der Waals surface area contributed by atoms with Crippen molar-refractivity contribution < 1.29 is 9.84 Å². The maximum absolute atomic E-state index is 9.85. The molecule has 0 aliphatic rings. The number of nitrogen functional groups attached to an aromatic ring is 1. The normalized spacial score (nSPS) is 12.3. The number of aryl methyl sites for hydroxylation is 1. The zero-order valence-electron chi connectivity index (χ0n) is 10.6. The first-order valence-corrected chi connectivity index (χ1v) is 6.77. The predicted octanol–water partition coefficient (Wildman–Crippen LogP) is 0.929. The molecular weight excluding hydrogens is 264 g/mol. The van der Waals surface area contributed by atoms with E-state index in [2.05, 4.69) is 10.1 Å². The van der Waals surface area contributed by atoms with Crippen molar-refractivity contribution in [1.29, 1.82) is 0 Å². The fraction of sp³-hybridized carbons (Fsp3) is 0.333. The number of benzene rings is 1. The van der Waals surface area contributed by atoms with Crippen LogP contribution in [-0.4, -0.2) is 38.3 Å². The Hall–Kier alpha value is -1.73. The molecule has 1 aromatic heterocycles. The fourth-order valence-corrected chi connectivity index (χ4v) is 2.23. The summed E-state index contributed by atoms with van der Waals surface area (Å²) in [6, 6.07) is 7.21. The fourth-order valence-electron chi connectivity index (χ4n) is 1.43. The Labute approximate surface area is 115 Å². The molecule has 2 rings (SSSR count). The van der Waals surface area contributed by atoms with Crippen LogP contribution in [0, 0.1) is 0 Å². The van der Waals surface area contributed by atoms with Crippen LogP contribution in [0.4, 0.5) is 5.69 Å². The molecule has 102 valence electrons. The Morgan fingerprint density at radius 2 is 2.26 bits per heavy atom. The quantitative estimate of drug-likeness (QED) is 0.604. The van der Waals surface area contributed by atoms with Gasteiger partial charge in [0.2, 0.25) is 0 Å². The van der Waals surface area contributed by atoms with Crippen LogP contribution in [0.25, 0.3) is 0 Å². The number of hydrogen-bond acceptors (Lipinski definition) is 6. The predicted molar refractivity (Wildman–Crippen MR) is 74.1 cm³/mol. The lowest BCUT2D eigenvalue weighted by molar-refractivity contribution is 0.127. The molecule has 19 heavy (non-hydrogen) atoms. The van der Waals surface area contributed by atoms with E-state index in [-0.39, 0.29) is 6.61 Å². The van der Waals surface area contributed by atoms with Gasteiger partial charge in [-0.25, -0.2) is 9.67 Å². The monoisotopic (exact) mass is 280 g/mol. The molecule has 1 atom stereocenters. The molecule has 0 amide bonds. The molecule has 1 heterocycles. The molecule has 7 heteroatoms. The van der Waals surface area contributed by atoms with Gasteiger partial charge in [-0.15, -0.1) is 0 Å². The van der Waals surface area contributed by atoms with Gasteiger partial charge in [0.1, 0.15) is 18.7 Å². The van der Waals surface area contributed by atoms with Crippen LogP contribution in [0.5, 0.6) is 5.75 Å². The summed E-state index contributed by atoms with van der Waals surface area (Å²) in [5.74, 6) is 1.07. The lowest BCUT2D eigenvalue weighted by atomic mass is 10.3. The van der Waals surface area contributed by atoms with Crippen LogP contribution in [0.1, 0.15) is 0 Å². The number of nitrogens with two attached hydrogens (primary N) is 1. The smallest absolute Gasteiger partial charge is 0.185 e. The first kappa shape index (κ1) is 13.7. The van der Waals surface area contributed by atoms with Crippen LogP contribution in [0.2, 0.25) is 0 Å². The highest BCUT2D eigenvalue weighted by Gasteiger charge is 2.09. The van der Waals surface area contributed by atoms with E-state index in [1.165, 1.54) is 18.1 Å². The summed E-state index contributed by atoms with van der Waals surface area (Å²) in [6.07, 6.45) is 0.886. The number of aromatic nitrogens is 3. The zero-order valence-corrected chi connectivity index (χ0v) is 11.4. The van der Waals surface area contributed by atoms with Crippen molar-refractivity contribution in [2.45, 2.75) is 11.3 Å². The highest BCUT2D eigenvalue weighted by Crippen LogP contribution is 2.20. The van der Waals surface area contributed by atoms with E-state index in [1.54, 1.807) is 16.8 Å². The molecule has 0 saturated heterocycles. The van der Waals surface area contributed by atoms with Gasteiger partial charge in [-0.2, -0.15) is 5.10 Å². The van der Waals surface area contributed by atoms with Gasteiger partial charge >= 0.3 is 0 Å². The molecule has 0 spiro atoms. The number of aliphatic hydroxyl groups excluding tert-OH is 1. The summed E-state index contributed by atoms with van der Waals surface area (Å²) in [5, 5.41) is 14.6. The second-order valence-electron chi connectivity index (χ2n) is 3.98. The molecule has 0 bridgehead atoms.